The van der Waals surface area contributed by atoms with Gasteiger partial charge in [0, 0.05) is 39.3 Å². The molecule has 5 heteroatoms. The summed E-state index contributed by atoms with van der Waals surface area (Å²) in [5, 5.41) is 3.72. The zero-order chi connectivity index (χ0) is 15.1. The molecule has 1 N–H and O–H groups in total. The molecule has 5 nitrogen and oxygen atoms in total. The van der Waals surface area contributed by atoms with Crippen molar-refractivity contribution in [2.45, 2.75) is 38.3 Å². The van der Waals surface area contributed by atoms with Crippen molar-refractivity contribution in [2.75, 3.05) is 54.4 Å². The molecule has 20 heavy (non-hydrogen) atoms. The third-order valence-corrected chi connectivity index (χ3v) is 3.97. The van der Waals surface area contributed by atoms with Crippen LogP contribution in [0.4, 0.5) is 0 Å². The monoisotopic (exact) mass is 284 g/mol. The van der Waals surface area contributed by atoms with Gasteiger partial charge in [-0.05, 0) is 46.8 Å². The zero-order valence-electron chi connectivity index (χ0n) is 13.9. The molecule has 1 saturated heterocycles. The summed E-state index contributed by atoms with van der Waals surface area (Å²) in [5.74, 6) is 0.204. The van der Waals surface area contributed by atoms with E-state index < -0.39 is 0 Å². The Labute approximate surface area is 124 Å². The van der Waals surface area contributed by atoms with Crippen LogP contribution in [-0.4, -0.2) is 87.1 Å². The summed E-state index contributed by atoms with van der Waals surface area (Å²) < 4.78 is 0. The quantitative estimate of drug-likeness (QED) is 0.738. The van der Waals surface area contributed by atoms with Crippen molar-refractivity contribution in [3.05, 3.63) is 0 Å². The third-order valence-electron chi connectivity index (χ3n) is 3.97. The van der Waals surface area contributed by atoms with Gasteiger partial charge >= 0.3 is 0 Å². The normalized spacial score (nSPS) is 19.3. The molecular weight excluding hydrogens is 252 g/mol. The molecule has 0 aromatic rings. The Morgan fingerprint density at radius 1 is 1.25 bits per heavy atom. The average Bonchev–Trinajstić information content (AvgIpc) is 2.38. The molecule has 0 bridgehead atoms. The highest BCUT2D eigenvalue weighted by Gasteiger charge is 2.22. The fraction of sp³-hybridized carbons (Fsp3) is 0.933. The molecule has 1 heterocycles. The first-order chi connectivity index (χ1) is 9.38. The number of hydrogen-bond acceptors (Lipinski definition) is 4. The lowest BCUT2D eigenvalue weighted by Gasteiger charge is -2.34. The van der Waals surface area contributed by atoms with Crippen LogP contribution in [0.25, 0.3) is 0 Å². The van der Waals surface area contributed by atoms with Gasteiger partial charge in [0.2, 0.25) is 5.91 Å². The van der Waals surface area contributed by atoms with Crippen LogP contribution in [0.3, 0.4) is 0 Å². The van der Waals surface area contributed by atoms with Crippen LogP contribution >= 0.6 is 0 Å². The number of nitrogens with zero attached hydrogens (tertiary/aromatic N) is 3. The first kappa shape index (κ1) is 17.4. The second kappa shape index (κ2) is 8.60. The van der Waals surface area contributed by atoms with Crippen LogP contribution < -0.4 is 5.32 Å². The van der Waals surface area contributed by atoms with Gasteiger partial charge in [0.1, 0.15) is 0 Å². The van der Waals surface area contributed by atoms with Crippen molar-refractivity contribution >= 4 is 5.91 Å². The van der Waals surface area contributed by atoms with Crippen LogP contribution in [0.1, 0.15) is 26.2 Å². The minimum atomic E-state index is 0.204. The molecule has 1 fully saturated rings. The van der Waals surface area contributed by atoms with Gasteiger partial charge < -0.3 is 15.1 Å². The molecule has 1 aliphatic heterocycles. The van der Waals surface area contributed by atoms with E-state index in [9.17, 15) is 4.79 Å². The topological polar surface area (TPSA) is 38.8 Å². The fourth-order valence-electron chi connectivity index (χ4n) is 2.53. The van der Waals surface area contributed by atoms with Gasteiger partial charge in [-0.15, -0.1) is 0 Å². The molecule has 0 saturated carbocycles. The summed E-state index contributed by atoms with van der Waals surface area (Å²) in [6, 6.07) is 1.18. The minimum Gasteiger partial charge on any atom is -0.348 e. The van der Waals surface area contributed by atoms with E-state index in [0.717, 1.165) is 32.5 Å². The SMILES string of the molecule is CC(CCN(C)C)NC1CCN(CC(=O)N(C)C)CC1. The van der Waals surface area contributed by atoms with E-state index in [1.54, 1.807) is 4.90 Å². The first-order valence-electron chi connectivity index (χ1n) is 7.71. The first-order valence-corrected chi connectivity index (χ1v) is 7.71. The summed E-state index contributed by atoms with van der Waals surface area (Å²) in [7, 11) is 7.88. The minimum absolute atomic E-state index is 0.204. The van der Waals surface area contributed by atoms with Gasteiger partial charge in [0.05, 0.1) is 6.54 Å². The largest absolute Gasteiger partial charge is 0.348 e. The number of amides is 1. The molecule has 0 spiro atoms. The van der Waals surface area contributed by atoms with Crippen LogP contribution in [-0.2, 0) is 4.79 Å². The Hall–Kier alpha value is -0.650. The smallest absolute Gasteiger partial charge is 0.236 e. The molecular formula is C15H32N4O. The standard InChI is InChI=1S/C15H32N4O/c1-13(6-9-17(2)3)16-14-7-10-19(11-8-14)12-15(20)18(4)5/h13-14,16H,6-12H2,1-5H3. The van der Waals surface area contributed by atoms with Crippen LogP contribution in [0.15, 0.2) is 0 Å². The number of hydrogen-bond donors (Lipinski definition) is 1. The Morgan fingerprint density at radius 3 is 2.35 bits per heavy atom. The van der Waals surface area contributed by atoms with Gasteiger partial charge in [-0.1, -0.05) is 0 Å². The van der Waals surface area contributed by atoms with Gasteiger partial charge in [-0.25, -0.2) is 0 Å². The molecule has 1 unspecified atom stereocenters. The molecule has 0 radical (unpaired) electrons. The van der Waals surface area contributed by atoms with Crippen molar-refractivity contribution in [3.63, 3.8) is 0 Å². The van der Waals surface area contributed by atoms with E-state index in [4.69, 9.17) is 0 Å². The highest BCUT2D eigenvalue weighted by Crippen LogP contribution is 2.11. The molecule has 1 rings (SSSR count). The predicted molar refractivity (Wildman–Crippen MR) is 83.9 cm³/mol. The average molecular weight is 284 g/mol. The van der Waals surface area contributed by atoms with E-state index in [2.05, 4.69) is 36.1 Å². The van der Waals surface area contributed by atoms with Crippen LogP contribution in [0.2, 0.25) is 0 Å². The molecule has 0 aliphatic carbocycles. The molecule has 0 aromatic carbocycles. The fourth-order valence-corrected chi connectivity index (χ4v) is 2.53. The number of rotatable bonds is 7. The van der Waals surface area contributed by atoms with Gasteiger partial charge in [0.15, 0.2) is 0 Å². The number of piperidine rings is 1. The summed E-state index contributed by atoms with van der Waals surface area (Å²) in [5.41, 5.74) is 0. The predicted octanol–water partition coefficient (Wildman–Crippen LogP) is 0.469. The highest BCUT2D eigenvalue weighted by molar-refractivity contribution is 5.77. The number of likely N-dealkylation sites (tertiary alicyclic amines) is 1. The number of carbonyl (C=O) groups excluding carboxylic acids is 1. The van der Waals surface area contributed by atoms with Gasteiger partial charge in [-0.2, -0.15) is 0 Å². The number of nitrogens with one attached hydrogen (secondary N) is 1. The molecule has 0 aromatic heterocycles. The van der Waals surface area contributed by atoms with Gasteiger partial charge in [-0.3, -0.25) is 9.69 Å². The van der Waals surface area contributed by atoms with Crippen molar-refractivity contribution in [3.8, 4) is 0 Å². The van der Waals surface area contributed by atoms with Crippen molar-refractivity contribution < 1.29 is 4.79 Å². The number of likely N-dealkylation sites (N-methyl/N-ethyl adjacent to an activating group) is 1. The van der Waals surface area contributed by atoms with Crippen molar-refractivity contribution in [2.24, 2.45) is 0 Å². The Morgan fingerprint density at radius 2 is 1.85 bits per heavy atom. The lowest BCUT2D eigenvalue weighted by Crippen LogP contribution is -2.48. The lowest BCUT2D eigenvalue weighted by molar-refractivity contribution is -0.130. The second-order valence-electron chi connectivity index (χ2n) is 6.50. The summed E-state index contributed by atoms with van der Waals surface area (Å²) in [6.07, 6.45) is 3.48. The van der Waals surface area contributed by atoms with Crippen LogP contribution in [0.5, 0.6) is 0 Å². The van der Waals surface area contributed by atoms with Crippen molar-refractivity contribution in [1.29, 1.82) is 0 Å². The number of carbonyl (C=O) groups is 1. The highest BCUT2D eigenvalue weighted by atomic mass is 16.2. The second-order valence-corrected chi connectivity index (χ2v) is 6.50. The van der Waals surface area contributed by atoms with E-state index in [-0.39, 0.29) is 5.91 Å². The van der Waals surface area contributed by atoms with Gasteiger partial charge in [0.25, 0.3) is 0 Å². The maximum absolute atomic E-state index is 11.7. The van der Waals surface area contributed by atoms with E-state index in [1.165, 1.54) is 6.42 Å². The molecule has 118 valence electrons. The van der Waals surface area contributed by atoms with E-state index in [1.807, 2.05) is 14.1 Å². The Kier molecular flexibility index (Phi) is 7.48. The lowest BCUT2D eigenvalue weighted by atomic mass is 10.0. The summed E-state index contributed by atoms with van der Waals surface area (Å²) >= 11 is 0. The Balaban J connectivity index is 2.20. The van der Waals surface area contributed by atoms with E-state index in [0.29, 0.717) is 18.6 Å². The maximum atomic E-state index is 11.7. The Bertz CT molecular complexity index is 286. The zero-order valence-corrected chi connectivity index (χ0v) is 13.9. The van der Waals surface area contributed by atoms with E-state index >= 15 is 0 Å². The summed E-state index contributed by atoms with van der Waals surface area (Å²) in [4.78, 5) is 17.9. The molecule has 1 amide bonds. The third kappa shape index (κ3) is 6.68. The van der Waals surface area contributed by atoms with Crippen LogP contribution in [0, 0.1) is 0 Å². The molecule has 1 atom stereocenters. The molecule has 1 aliphatic rings. The summed E-state index contributed by atoms with van der Waals surface area (Å²) in [6.45, 7) is 6.01. The van der Waals surface area contributed by atoms with Crippen molar-refractivity contribution in [1.82, 2.24) is 20.0 Å². The maximum Gasteiger partial charge on any atom is 0.236 e.